The molecule has 3 heteroatoms. The second-order valence-electron chi connectivity index (χ2n) is 7.47. The van der Waals surface area contributed by atoms with Gasteiger partial charge < -0.3 is 9.47 Å². The third kappa shape index (κ3) is 21.1. The average molecular weight is 381 g/mol. The minimum absolute atomic E-state index is 0.318. The molecular formula is C24H44O3. The summed E-state index contributed by atoms with van der Waals surface area (Å²) in [5.74, 6) is -0.337. The molecule has 0 aromatic carbocycles. The molecule has 158 valence electrons. The van der Waals surface area contributed by atoms with Crippen molar-refractivity contribution in [1.29, 1.82) is 0 Å². The van der Waals surface area contributed by atoms with Crippen LogP contribution in [0.5, 0.6) is 0 Å². The van der Waals surface area contributed by atoms with Crippen molar-refractivity contribution in [2.45, 2.75) is 104 Å². The van der Waals surface area contributed by atoms with Gasteiger partial charge >= 0.3 is 5.97 Å². The molecule has 0 aromatic heterocycles. The topological polar surface area (TPSA) is 35.5 Å². The first-order valence-corrected chi connectivity index (χ1v) is 11.2. The lowest BCUT2D eigenvalue weighted by molar-refractivity contribution is -0.140. The van der Waals surface area contributed by atoms with Gasteiger partial charge in [-0.3, -0.25) is 0 Å². The number of carbonyl (C=O) groups is 1. The molecule has 0 spiro atoms. The highest BCUT2D eigenvalue weighted by Gasteiger charge is 2.01. The molecule has 27 heavy (non-hydrogen) atoms. The standard InChI is InChI=1S/C24H44O3/c1-4-5-6-7-8-9-10-11-12-13-14-15-16-17-18-19-20-26-21-22-27-24(25)23(2)3/h11-12H,2,4-10,13-22H2,1,3H3/b12-11-. The number of rotatable bonds is 20. The summed E-state index contributed by atoms with van der Waals surface area (Å²) in [5.41, 5.74) is 0.434. The zero-order valence-electron chi connectivity index (χ0n) is 18.1. The smallest absolute Gasteiger partial charge is 0.333 e. The summed E-state index contributed by atoms with van der Waals surface area (Å²) in [6.07, 6.45) is 23.1. The number of carbonyl (C=O) groups excluding carboxylic acids is 1. The molecule has 0 amide bonds. The Kier molecular flexibility index (Phi) is 20.4. The van der Waals surface area contributed by atoms with Crippen LogP contribution in [0, 0.1) is 0 Å². The maximum atomic E-state index is 11.2. The molecule has 0 aliphatic heterocycles. The Hall–Kier alpha value is -1.09. The number of ether oxygens (including phenoxy) is 2. The highest BCUT2D eigenvalue weighted by molar-refractivity contribution is 5.86. The zero-order valence-corrected chi connectivity index (χ0v) is 18.1. The van der Waals surface area contributed by atoms with E-state index in [1.165, 1.54) is 83.5 Å². The summed E-state index contributed by atoms with van der Waals surface area (Å²) in [6, 6.07) is 0. The first-order valence-electron chi connectivity index (χ1n) is 11.2. The first-order chi connectivity index (χ1) is 13.2. The van der Waals surface area contributed by atoms with Crippen molar-refractivity contribution in [3.05, 3.63) is 24.3 Å². The number of esters is 1. The molecule has 0 atom stereocenters. The van der Waals surface area contributed by atoms with Crippen molar-refractivity contribution in [2.75, 3.05) is 19.8 Å². The van der Waals surface area contributed by atoms with Gasteiger partial charge in [-0.1, -0.05) is 83.4 Å². The van der Waals surface area contributed by atoms with Crippen molar-refractivity contribution in [2.24, 2.45) is 0 Å². The highest BCUT2D eigenvalue weighted by Crippen LogP contribution is 2.10. The largest absolute Gasteiger partial charge is 0.460 e. The van der Waals surface area contributed by atoms with Gasteiger partial charge in [-0.2, -0.15) is 0 Å². The summed E-state index contributed by atoms with van der Waals surface area (Å²) >= 11 is 0. The predicted molar refractivity (Wildman–Crippen MR) is 116 cm³/mol. The van der Waals surface area contributed by atoms with E-state index < -0.39 is 0 Å². The number of hydrogen-bond donors (Lipinski definition) is 0. The van der Waals surface area contributed by atoms with Crippen molar-refractivity contribution >= 4 is 5.97 Å². The van der Waals surface area contributed by atoms with E-state index in [0.717, 1.165) is 13.0 Å². The fourth-order valence-electron chi connectivity index (χ4n) is 2.87. The molecule has 0 saturated heterocycles. The quantitative estimate of drug-likeness (QED) is 0.0972. The van der Waals surface area contributed by atoms with E-state index in [0.29, 0.717) is 18.8 Å². The lowest BCUT2D eigenvalue weighted by Gasteiger charge is -2.06. The van der Waals surface area contributed by atoms with E-state index in [2.05, 4.69) is 25.7 Å². The Balaban J connectivity index is 3.13. The van der Waals surface area contributed by atoms with E-state index in [4.69, 9.17) is 9.47 Å². The summed E-state index contributed by atoms with van der Waals surface area (Å²) in [6.45, 7) is 9.01. The number of allylic oxidation sites excluding steroid dienone is 2. The van der Waals surface area contributed by atoms with Crippen LogP contribution in [0.3, 0.4) is 0 Å². The van der Waals surface area contributed by atoms with Crippen LogP contribution in [0.25, 0.3) is 0 Å². The molecule has 3 nitrogen and oxygen atoms in total. The van der Waals surface area contributed by atoms with Crippen LogP contribution in [-0.4, -0.2) is 25.8 Å². The lowest BCUT2D eigenvalue weighted by Crippen LogP contribution is -2.11. The van der Waals surface area contributed by atoms with Crippen LogP contribution in [0.15, 0.2) is 24.3 Å². The van der Waals surface area contributed by atoms with Gasteiger partial charge in [0.05, 0.1) is 6.61 Å². The molecular weight excluding hydrogens is 336 g/mol. The van der Waals surface area contributed by atoms with Crippen LogP contribution in [0.4, 0.5) is 0 Å². The fourth-order valence-corrected chi connectivity index (χ4v) is 2.87. The van der Waals surface area contributed by atoms with E-state index >= 15 is 0 Å². The maximum Gasteiger partial charge on any atom is 0.333 e. The van der Waals surface area contributed by atoms with Crippen LogP contribution in [-0.2, 0) is 14.3 Å². The molecule has 0 fully saturated rings. The lowest BCUT2D eigenvalue weighted by atomic mass is 10.1. The highest BCUT2D eigenvalue weighted by atomic mass is 16.6. The maximum absolute atomic E-state index is 11.2. The predicted octanol–water partition coefficient (Wildman–Crippen LogP) is 7.16. The van der Waals surface area contributed by atoms with Crippen LogP contribution >= 0.6 is 0 Å². The molecule has 0 rings (SSSR count). The average Bonchev–Trinajstić information content (AvgIpc) is 2.66. The minimum Gasteiger partial charge on any atom is -0.460 e. The van der Waals surface area contributed by atoms with Crippen LogP contribution in [0.2, 0.25) is 0 Å². The third-order valence-electron chi connectivity index (χ3n) is 4.61. The second kappa shape index (κ2) is 21.2. The number of hydrogen-bond acceptors (Lipinski definition) is 3. The summed E-state index contributed by atoms with van der Waals surface area (Å²) in [7, 11) is 0. The van der Waals surface area contributed by atoms with Crippen molar-refractivity contribution in [3.63, 3.8) is 0 Å². The Bertz CT molecular complexity index is 374. The molecule has 0 heterocycles. The zero-order chi connectivity index (χ0) is 20.0. The van der Waals surface area contributed by atoms with Gasteiger partial charge in [0.25, 0.3) is 0 Å². The van der Waals surface area contributed by atoms with Gasteiger partial charge in [0, 0.05) is 12.2 Å². The van der Waals surface area contributed by atoms with Gasteiger partial charge in [0.2, 0.25) is 0 Å². The molecule has 0 radical (unpaired) electrons. The van der Waals surface area contributed by atoms with Crippen molar-refractivity contribution in [3.8, 4) is 0 Å². The fraction of sp³-hybridized carbons (Fsp3) is 0.792. The third-order valence-corrected chi connectivity index (χ3v) is 4.61. The minimum atomic E-state index is -0.337. The van der Waals surface area contributed by atoms with E-state index in [-0.39, 0.29) is 5.97 Å². The van der Waals surface area contributed by atoms with Crippen LogP contribution in [0.1, 0.15) is 104 Å². The summed E-state index contributed by atoms with van der Waals surface area (Å²) < 4.78 is 10.4. The van der Waals surface area contributed by atoms with Gasteiger partial charge in [0.1, 0.15) is 6.61 Å². The second-order valence-corrected chi connectivity index (χ2v) is 7.47. The van der Waals surface area contributed by atoms with Crippen molar-refractivity contribution in [1.82, 2.24) is 0 Å². The first kappa shape index (κ1) is 25.9. The van der Waals surface area contributed by atoms with Crippen molar-refractivity contribution < 1.29 is 14.3 Å². The molecule has 0 N–H and O–H groups in total. The number of unbranched alkanes of at least 4 members (excludes halogenated alkanes) is 12. The Morgan fingerprint density at radius 2 is 1.26 bits per heavy atom. The SMILES string of the molecule is C=C(C)C(=O)OCCOCCCCCCCC/C=C\CCCCCCCC. The Morgan fingerprint density at radius 3 is 1.81 bits per heavy atom. The summed E-state index contributed by atoms with van der Waals surface area (Å²) in [5, 5.41) is 0. The monoisotopic (exact) mass is 380 g/mol. The molecule has 0 aliphatic rings. The molecule has 0 saturated carbocycles. The Morgan fingerprint density at radius 1 is 0.741 bits per heavy atom. The molecule has 0 unspecified atom stereocenters. The van der Waals surface area contributed by atoms with Gasteiger partial charge in [-0.05, 0) is 39.0 Å². The molecule has 0 bridgehead atoms. The Labute approximate surface area is 168 Å². The molecule has 0 aromatic rings. The van der Waals surface area contributed by atoms with Gasteiger partial charge in [-0.25, -0.2) is 4.79 Å². The van der Waals surface area contributed by atoms with Crippen LogP contribution < -0.4 is 0 Å². The van der Waals surface area contributed by atoms with Gasteiger partial charge in [0.15, 0.2) is 0 Å². The van der Waals surface area contributed by atoms with Gasteiger partial charge in [-0.15, -0.1) is 0 Å². The van der Waals surface area contributed by atoms with E-state index in [9.17, 15) is 4.79 Å². The normalized spacial score (nSPS) is 11.2. The van der Waals surface area contributed by atoms with E-state index in [1.54, 1.807) is 6.92 Å². The molecule has 0 aliphatic carbocycles. The van der Waals surface area contributed by atoms with E-state index in [1.807, 2.05) is 0 Å². The summed E-state index contributed by atoms with van der Waals surface area (Å²) in [4.78, 5) is 11.2.